The molecule has 4 heterocycles. The van der Waals surface area contributed by atoms with Crippen molar-refractivity contribution in [2.45, 2.75) is 13.0 Å². The molecule has 3 aromatic heterocycles. The van der Waals surface area contributed by atoms with E-state index in [0.717, 1.165) is 36.1 Å². The third-order valence-corrected chi connectivity index (χ3v) is 5.96. The molecule has 22 heavy (non-hydrogen) atoms. The third-order valence-electron chi connectivity index (χ3n) is 3.94. The van der Waals surface area contributed by atoms with Gasteiger partial charge in [-0.25, -0.2) is 4.98 Å². The first-order chi connectivity index (χ1) is 10.7. The molecule has 1 aliphatic heterocycles. The first kappa shape index (κ1) is 14.1. The van der Waals surface area contributed by atoms with Crippen molar-refractivity contribution in [2.75, 3.05) is 26.3 Å². The van der Waals surface area contributed by atoms with Crippen LogP contribution in [0.3, 0.4) is 0 Å². The number of thiazole rings is 1. The smallest absolute Gasteiger partial charge is 0.235 e. The van der Waals surface area contributed by atoms with E-state index in [1.165, 1.54) is 21.1 Å². The van der Waals surface area contributed by atoms with Gasteiger partial charge in [-0.3, -0.25) is 0 Å². The average Bonchev–Trinajstić information content (AvgIpc) is 3.22. The number of thiophene rings is 1. The highest BCUT2D eigenvalue weighted by Crippen LogP contribution is 2.36. The lowest BCUT2D eigenvalue weighted by molar-refractivity contribution is -0.932. The third kappa shape index (κ3) is 2.32. The summed E-state index contributed by atoms with van der Waals surface area (Å²) in [6.07, 6.45) is 0. The van der Waals surface area contributed by atoms with E-state index >= 15 is 0 Å². The Hall–Kier alpha value is -1.48. The number of morpholine rings is 1. The quantitative estimate of drug-likeness (QED) is 0.744. The summed E-state index contributed by atoms with van der Waals surface area (Å²) in [6.45, 7) is 5.24. The maximum Gasteiger partial charge on any atom is 0.235 e. The molecule has 116 valence electrons. The van der Waals surface area contributed by atoms with E-state index in [1.54, 1.807) is 15.9 Å². The Labute approximate surface area is 135 Å². The van der Waals surface area contributed by atoms with Crippen molar-refractivity contribution in [1.82, 2.24) is 14.6 Å². The Morgan fingerprint density at radius 2 is 2.23 bits per heavy atom. The molecule has 8 heteroatoms. The minimum atomic E-state index is 0.123. The molecule has 0 aliphatic carbocycles. The van der Waals surface area contributed by atoms with Crippen LogP contribution in [0, 0.1) is 6.92 Å². The minimum Gasteiger partial charge on any atom is -0.492 e. The zero-order valence-corrected chi connectivity index (χ0v) is 13.8. The predicted molar refractivity (Wildman–Crippen MR) is 84.9 cm³/mol. The van der Waals surface area contributed by atoms with Crippen LogP contribution in [0.15, 0.2) is 17.5 Å². The van der Waals surface area contributed by atoms with Crippen molar-refractivity contribution in [3.8, 4) is 5.88 Å². The highest BCUT2D eigenvalue weighted by atomic mass is 32.1. The van der Waals surface area contributed by atoms with Gasteiger partial charge in [0.25, 0.3) is 0 Å². The molecule has 1 saturated heterocycles. The van der Waals surface area contributed by atoms with Crippen molar-refractivity contribution in [3.63, 3.8) is 0 Å². The normalized spacial score (nSPS) is 18.0. The number of aryl methyl sites for hydroxylation is 1. The number of quaternary nitrogens is 1. The number of hydrogen-bond donors (Lipinski definition) is 2. The number of aromatic hydroxyl groups is 1. The summed E-state index contributed by atoms with van der Waals surface area (Å²) in [7, 11) is 0. The molecule has 0 saturated carbocycles. The number of fused-ring (bicyclic) bond motifs is 1. The molecule has 3 aromatic rings. The summed E-state index contributed by atoms with van der Waals surface area (Å²) in [5.41, 5.74) is 0. The van der Waals surface area contributed by atoms with Crippen LogP contribution in [0.5, 0.6) is 5.88 Å². The zero-order chi connectivity index (χ0) is 15.1. The van der Waals surface area contributed by atoms with Crippen molar-refractivity contribution < 1.29 is 14.7 Å². The first-order valence-electron chi connectivity index (χ1n) is 7.25. The number of rotatable bonds is 3. The van der Waals surface area contributed by atoms with E-state index < -0.39 is 0 Å². The van der Waals surface area contributed by atoms with Crippen LogP contribution in [0.4, 0.5) is 0 Å². The Morgan fingerprint density at radius 1 is 1.41 bits per heavy atom. The fourth-order valence-corrected chi connectivity index (χ4v) is 5.07. The minimum absolute atomic E-state index is 0.123. The molecular formula is C14H17N4O2S2+. The van der Waals surface area contributed by atoms with E-state index in [9.17, 15) is 5.11 Å². The number of hydrogen-bond acceptors (Lipinski definition) is 6. The molecule has 0 aromatic carbocycles. The van der Waals surface area contributed by atoms with Gasteiger partial charge < -0.3 is 14.7 Å². The maximum absolute atomic E-state index is 10.6. The maximum atomic E-state index is 10.6. The standard InChI is InChI=1S/C14H16N4O2S2/c1-9-15-14-18(16-9)13(19)12(22-14)11(10-3-2-8-21-10)17-4-6-20-7-5-17/h2-3,8,11,19H,4-7H2,1H3/p+1/t11-/m1/s1. The van der Waals surface area contributed by atoms with Crippen molar-refractivity contribution in [2.24, 2.45) is 0 Å². The Morgan fingerprint density at radius 3 is 2.91 bits per heavy atom. The molecule has 1 fully saturated rings. The Balaban J connectivity index is 1.81. The molecule has 0 amide bonds. The SMILES string of the molecule is Cc1nc2sc([C@@H](c3cccs3)[NH+]3CCOCC3)c(O)n2n1. The molecular weight excluding hydrogens is 320 g/mol. The summed E-state index contributed by atoms with van der Waals surface area (Å²) in [5.74, 6) is 0.900. The van der Waals surface area contributed by atoms with Gasteiger partial charge in [-0.1, -0.05) is 17.4 Å². The second-order valence-corrected chi connectivity index (χ2v) is 7.35. The monoisotopic (exact) mass is 337 g/mol. The van der Waals surface area contributed by atoms with E-state index in [1.807, 2.05) is 6.92 Å². The number of aromatic nitrogens is 3. The molecule has 1 atom stereocenters. The largest absolute Gasteiger partial charge is 0.492 e. The van der Waals surface area contributed by atoms with Gasteiger partial charge in [-0.15, -0.1) is 16.4 Å². The molecule has 0 bridgehead atoms. The lowest BCUT2D eigenvalue weighted by Gasteiger charge is -2.30. The lowest BCUT2D eigenvalue weighted by atomic mass is 10.1. The van der Waals surface area contributed by atoms with Gasteiger partial charge in [-0.05, 0) is 18.4 Å². The first-order valence-corrected chi connectivity index (χ1v) is 8.94. The van der Waals surface area contributed by atoms with Crippen LogP contribution in [-0.4, -0.2) is 46.0 Å². The number of nitrogens with one attached hydrogen (secondary N) is 1. The molecule has 1 aliphatic rings. The highest BCUT2D eigenvalue weighted by Gasteiger charge is 2.34. The average molecular weight is 337 g/mol. The van der Waals surface area contributed by atoms with Crippen LogP contribution in [-0.2, 0) is 4.74 Å². The lowest BCUT2D eigenvalue weighted by Crippen LogP contribution is -3.14. The highest BCUT2D eigenvalue weighted by molar-refractivity contribution is 7.17. The Kier molecular flexibility index (Phi) is 3.61. The van der Waals surface area contributed by atoms with Gasteiger partial charge in [0.05, 0.1) is 18.1 Å². The predicted octanol–water partition coefficient (Wildman–Crippen LogP) is 0.871. The Bertz CT molecular complexity index is 774. The zero-order valence-electron chi connectivity index (χ0n) is 12.2. The second kappa shape index (κ2) is 5.62. The summed E-state index contributed by atoms with van der Waals surface area (Å²) < 4.78 is 7.04. The van der Waals surface area contributed by atoms with Gasteiger partial charge in [0.2, 0.25) is 10.8 Å². The fourth-order valence-electron chi connectivity index (χ4n) is 2.93. The van der Waals surface area contributed by atoms with Gasteiger partial charge in [-0.2, -0.15) is 4.52 Å². The number of ether oxygens (including phenoxy) is 1. The van der Waals surface area contributed by atoms with Crippen molar-refractivity contribution in [3.05, 3.63) is 33.1 Å². The van der Waals surface area contributed by atoms with Crippen molar-refractivity contribution >= 4 is 27.6 Å². The van der Waals surface area contributed by atoms with Gasteiger partial charge >= 0.3 is 0 Å². The van der Waals surface area contributed by atoms with Crippen LogP contribution in [0.25, 0.3) is 4.96 Å². The fraction of sp³-hybridized carbons (Fsp3) is 0.429. The van der Waals surface area contributed by atoms with E-state index in [2.05, 4.69) is 27.6 Å². The summed E-state index contributed by atoms with van der Waals surface area (Å²) in [5, 5.41) is 17.0. The van der Waals surface area contributed by atoms with Gasteiger partial charge in [0, 0.05) is 0 Å². The molecule has 0 unspecified atom stereocenters. The van der Waals surface area contributed by atoms with E-state index in [-0.39, 0.29) is 11.9 Å². The molecule has 2 N–H and O–H groups in total. The summed E-state index contributed by atoms with van der Waals surface area (Å²) in [6, 6.07) is 4.32. The molecule has 0 spiro atoms. The number of nitrogens with zero attached hydrogens (tertiary/aromatic N) is 3. The van der Waals surface area contributed by atoms with Crippen LogP contribution in [0.2, 0.25) is 0 Å². The molecule has 4 rings (SSSR count). The van der Waals surface area contributed by atoms with Gasteiger partial charge in [0.15, 0.2) is 6.04 Å². The molecule has 0 radical (unpaired) electrons. The van der Waals surface area contributed by atoms with Crippen LogP contribution < -0.4 is 4.90 Å². The van der Waals surface area contributed by atoms with Crippen molar-refractivity contribution in [1.29, 1.82) is 0 Å². The molecule has 6 nitrogen and oxygen atoms in total. The van der Waals surface area contributed by atoms with Crippen LogP contribution in [0.1, 0.15) is 21.6 Å². The topological polar surface area (TPSA) is 64.1 Å². The van der Waals surface area contributed by atoms with Crippen LogP contribution >= 0.6 is 22.7 Å². The summed E-state index contributed by atoms with van der Waals surface area (Å²) >= 11 is 3.26. The van der Waals surface area contributed by atoms with Gasteiger partial charge in [0.1, 0.15) is 23.8 Å². The van der Waals surface area contributed by atoms with E-state index in [4.69, 9.17) is 4.74 Å². The van der Waals surface area contributed by atoms with E-state index in [0.29, 0.717) is 5.82 Å². The second-order valence-electron chi connectivity index (χ2n) is 5.36. The summed E-state index contributed by atoms with van der Waals surface area (Å²) in [4.78, 5) is 8.75.